The van der Waals surface area contributed by atoms with Gasteiger partial charge in [0.05, 0.1) is 6.54 Å². The van der Waals surface area contributed by atoms with Gasteiger partial charge < -0.3 is 9.84 Å². The molecular weight excluding hydrogens is 326 g/mol. The molecule has 1 aromatic carbocycles. The molecule has 0 unspecified atom stereocenters. The van der Waals surface area contributed by atoms with E-state index in [4.69, 9.17) is 4.52 Å². The van der Waals surface area contributed by atoms with Gasteiger partial charge in [0, 0.05) is 24.8 Å². The van der Waals surface area contributed by atoms with E-state index >= 15 is 0 Å². The molecule has 134 valence electrons. The van der Waals surface area contributed by atoms with Crippen molar-refractivity contribution >= 4 is 5.82 Å². The molecule has 26 heavy (non-hydrogen) atoms. The molecule has 1 saturated heterocycles. The van der Waals surface area contributed by atoms with Crippen LogP contribution in [0.2, 0.25) is 0 Å². The zero-order chi connectivity index (χ0) is 17.8. The first kappa shape index (κ1) is 16.7. The number of pyridine rings is 1. The topological polar surface area (TPSA) is 67.1 Å². The highest BCUT2D eigenvalue weighted by Gasteiger charge is 2.24. The number of aromatic nitrogens is 3. The Labute approximate surface area is 153 Å². The molecule has 1 aliphatic heterocycles. The van der Waals surface area contributed by atoms with Crippen molar-refractivity contribution in [2.45, 2.75) is 19.9 Å². The number of nitrogens with one attached hydrogen (secondary N) is 1. The summed E-state index contributed by atoms with van der Waals surface area (Å²) < 4.78 is 5.43. The normalized spacial score (nSPS) is 17.5. The molecule has 0 radical (unpaired) electrons. The van der Waals surface area contributed by atoms with Crippen molar-refractivity contribution in [2.75, 3.05) is 25.0 Å². The highest BCUT2D eigenvalue weighted by molar-refractivity contribution is 5.53. The lowest BCUT2D eigenvalue weighted by Crippen LogP contribution is -2.23. The number of rotatable bonds is 6. The molecule has 3 aromatic rings. The molecule has 0 spiro atoms. The Balaban J connectivity index is 1.28. The summed E-state index contributed by atoms with van der Waals surface area (Å²) in [6.45, 7) is 5.77. The lowest BCUT2D eigenvalue weighted by atomic mass is 10.1. The van der Waals surface area contributed by atoms with Gasteiger partial charge >= 0.3 is 0 Å². The lowest BCUT2D eigenvalue weighted by Gasteiger charge is -2.14. The Morgan fingerprint density at radius 2 is 2.08 bits per heavy atom. The fraction of sp³-hybridized carbons (Fsp3) is 0.350. The Kier molecular flexibility index (Phi) is 4.93. The molecule has 0 aliphatic carbocycles. The van der Waals surface area contributed by atoms with Gasteiger partial charge in [0.2, 0.25) is 11.7 Å². The number of nitrogens with zero attached hydrogens (tertiary/aromatic N) is 4. The fourth-order valence-corrected chi connectivity index (χ4v) is 3.26. The van der Waals surface area contributed by atoms with Gasteiger partial charge in [-0.15, -0.1) is 0 Å². The van der Waals surface area contributed by atoms with Crippen LogP contribution in [0.3, 0.4) is 0 Å². The van der Waals surface area contributed by atoms with Gasteiger partial charge in [0.1, 0.15) is 5.82 Å². The predicted octanol–water partition coefficient (Wildman–Crippen LogP) is 3.37. The number of benzene rings is 1. The molecule has 1 fully saturated rings. The summed E-state index contributed by atoms with van der Waals surface area (Å²) >= 11 is 0. The first-order chi connectivity index (χ1) is 12.8. The average molecular weight is 349 g/mol. The Morgan fingerprint density at radius 3 is 2.88 bits per heavy atom. The molecule has 1 atom stereocenters. The Morgan fingerprint density at radius 1 is 1.19 bits per heavy atom. The van der Waals surface area contributed by atoms with E-state index in [-0.39, 0.29) is 0 Å². The number of hydrogen-bond donors (Lipinski definition) is 1. The number of anilines is 1. The maximum absolute atomic E-state index is 5.43. The minimum atomic E-state index is 0.606. The van der Waals surface area contributed by atoms with Crippen molar-refractivity contribution in [1.29, 1.82) is 0 Å². The van der Waals surface area contributed by atoms with Gasteiger partial charge in [-0.1, -0.05) is 41.6 Å². The van der Waals surface area contributed by atoms with Crippen molar-refractivity contribution in [3.05, 3.63) is 60.1 Å². The van der Waals surface area contributed by atoms with Crippen LogP contribution in [0, 0.1) is 12.8 Å². The minimum absolute atomic E-state index is 0.606. The van der Waals surface area contributed by atoms with Crippen LogP contribution in [-0.4, -0.2) is 39.7 Å². The Hall–Kier alpha value is -2.73. The van der Waals surface area contributed by atoms with Gasteiger partial charge in [0.15, 0.2) is 0 Å². The number of hydrogen-bond acceptors (Lipinski definition) is 6. The summed E-state index contributed by atoms with van der Waals surface area (Å²) in [4.78, 5) is 11.3. The molecule has 4 rings (SSSR count). The van der Waals surface area contributed by atoms with Crippen LogP contribution in [0.15, 0.2) is 53.2 Å². The summed E-state index contributed by atoms with van der Waals surface area (Å²) in [5.41, 5.74) is 2.16. The highest BCUT2D eigenvalue weighted by atomic mass is 16.5. The van der Waals surface area contributed by atoms with Crippen molar-refractivity contribution < 1.29 is 4.52 Å². The summed E-state index contributed by atoms with van der Waals surface area (Å²) in [6.07, 6.45) is 3.06. The standard InChI is InChI=1S/C20H23N5O/c1-15-7-8-18(21-11-15)22-12-16-9-10-25(13-16)14-19-23-20(24-26-19)17-5-3-2-4-6-17/h2-8,11,16H,9-10,12-14H2,1H3,(H,21,22)/t16-/m1/s1. The Bertz CT molecular complexity index is 831. The third-order valence-electron chi connectivity index (χ3n) is 4.71. The molecule has 6 heteroatoms. The van der Waals surface area contributed by atoms with Crippen LogP contribution in [0.1, 0.15) is 17.9 Å². The van der Waals surface area contributed by atoms with Crippen LogP contribution >= 0.6 is 0 Å². The monoisotopic (exact) mass is 349 g/mol. The third kappa shape index (κ3) is 4.08. The largest absolute Gasteiger partial charge is 0.370 e. The number of aryl methyl sites for hydroxylation is 1. The maximum atomic E-state index is 5.43. The van der Waals surface area contributed by atoms with Crippen molar-refractivity contribution in [3.8, 4) is 11.4 Å². The molecule has 0 bridgehead atoms. The molecular formula is C20H23N5O. The van der Waals surface area contributed by atoms with Crippen molar-refractivity contribution in [3.63, 3.8) is 0 Å². The van der Waals surface area contributed by atoms with Crippen LogP contribution in [0.5, 0.6) is 0 Å². The molecule has 2 aromatic heterocycles. The highest BCUT2D eigenvalue weighted by Crippen LogP contribution is 2.20. The molecule has 6 nitrogen and oxygen atoms in total. The molecule has 1 N–H and O–H groups in total. The molecule has 0 saturated carbocycles. The second-order valence-corrected chi connectivity index (χ2v) is 6.87. The summed E-state index contributed by atoms with van der Waals surface area (Å²) in [5, 5.41) is 7.53. The van der Waals surface area contributed by atoms with Crippen molar-refractivity contribution in [1.82, 2.24) is 20.0 Å². The van der Waals surface area contributed by atoms with Gasteiger partial charge in [-0.25, -0.2) is 4.98 Å². The van der Waals surface area contributed by atoms with Crippen LogP contribution in [0.25, 0.3) is 11.4 Å². The molecule has 1 aliphatic rings. The van der Waals surface area contributed by atoms with Gasteiger partial charge in [0.25, 0.3) is 0 Å². The van der Waals surface area contributed by atoms with E-state index in [2.05, 4.69) is 31.4 Å². The van der Waals surface area contributed by atoms with Gasteiger partial charge in [-0.05, 0) is 37.4 Å². The van der Waals surface area contributed by atoms with E-state index in [1.807, 2.05) is 49.5 Å². The second-order valence-electron chi connectivity index (χ2n) is 6.87. The van der Waals surface area contributed by atoms with Gasteiger partial charge in [-0.3, -0.25) is 4.90 Å². The van der Waals surface area contributed by atoms with Crippen molar-refractivity contribution in [2.24, 2.45) is 5.92 Å². The van der Waals surface area contributed by atoms with Crippen LogP contribution in [-0.2, 0) is 6.54 Å². The van der Waals surface area contributed by atoms with Gasteiger partial charge in [-0.2, -0.15) is 4.98 Å². The second kappa shape index (κ2) is 7.66. The van der Waals surface area contributed by atoms with Crippen LogP contribution < -0.4 is 5.32 Å². The zero-order valence-corrected chi connectivity index (χ0v) is 14.9. The van der Waals surface area contributed by atoms with Crippen LogP contribution in [0.4, 0.5) is 5.82 Å². The summed E-state index contributed by atoms with van der Waals surface area (Å²) in [5.74, 6) is 2.88. The van der Waals surface area contributed by atoms with E-state index in [9.17, 15) is 0 Å². The van der Waals surface area contributed by atoms with E-state index in [0.717, 1.165) is 31.0 Å². The molecule has 3 heterocycles. The lowest BCUT2D eigenvalue weighted by molar-refractivity contribution is 0.261. The average Bonchev–Trinajstić information content (AvgIpc) is 3.32. The predicted molar refractivity (Wildman–Crippen MR) is 101 cm³/mol. The third-order valence-corrected chi connectivity index (χ3v) is 4.71. The maximum Gasteiger partial charge on any atom is 0.241 e. The first-order valence-electron chi connectivity index (χ1n) is 9.03. The SMILES string of the molecule is Cc1ccc(NC[C@H]2CCN(Cc3nc(-c4ccccc4)no3)C2)nc1. The number of likely N-dealkylation sites (tertiary alicyclic amines) is 1. The van der Waals surface area contributed by atoms with E-state index in [1.165, 1.54) is 12.0 Å². The summed E-state index contributed by atoms with van der Waals surface area (Å²) in [7, 11) is 0. The van der Waals surface area contributed by atoms with E-state index < -0.39 is 0 Å². The molecule has 0 amide bonds. The fourth-order valence-electron chi connectivity index (χ4n) is 3.26. The van der Waals surface area contributed by atoms with E-state index in [0.29, 0.717) is 24.2 Å². The summed E-state index contributed by atoms with van der Waals surface area (Å²) in [6, 6.07) is 14.0. The quantitative estimate of drug-likeness (QED) is 0.736. The van der Waals surface area contributed by atoms with E-state index in [1.54, 1.807) is 0 Å². The zero-order valence-electron chi connectivity index (χ0n) is 14.9. The minimum Gasteiger partial charge on any atom is -0.370 e. The first-order valence-corrected chi connectivity index (χ1v) is 9.03. The smallest absolute Gasteiger partial charge is 0.241 e.